The fourth-order valence-electron chi connectivity index (χ4n) is 3.44. The molecule has 1 saturated carbocycles. The summed E-state index contributed by atoms with van der Waals surface area (Å²) in [6.07, 6.45) is 5.71. The molecule has 1 heterocycles. The molecule has 0 amide bonds. The van der Waals surface area contributed by atoms with Gasteiger partial charge >= 0.3 is 0 Å². The molecule has 1 fully saturated rings. The highest BCUT2D eigenvalue weighted by Crippen LogP contribution is 2.47. The van der Waals surface area contributed by atoms with Gasteiger partial charge in [-0.2, -0.15) is 0 Å². The molecule has 0 spiro atoms. The molecule has 1 atom stereocenters. The molecule has 1 aromatic rings. The molecule has 3 rings (SSSR count). The van der Waals surface area contributed by atoms with E-state index in [-0.39, 0.29) is 0 Å². The highest BCUT2D eigenvalue weighted by atomic mass is 14.9. The van der Waals surface area contributed by atoms with E-state index in [1.54, 1.807) is 5.56 Å². The predicted octanol–water partition coefficient (Wildman–Crippen LogP) is 3.56. The van der Waals surface area contributed by atoms with Gasteiger partial charge in [0.05, 0.1) is 0 Å². The number of para-hydroxylation sites is 1. The number of rotatable bonds is 1. The topological polar surface area (TPSA) is 12.0 Å². The highest BCUT2D eigenvalue weighted by Gasteiger charge is 2.41. The summed E-state index contributed by atoms with van der Waals surface area (Å²) in [6.45, 7) is 3.58. The van der Waals surface area contributed by atoms with Crippen molar-refractivity contribution in [3.8, 4) is 0 Å². The fraction of sp³-hybridized carbons (Fsp3) is 0.571. The Morgan fingerprint density at radius 1 is 1.20 bits per heavy atom. The van der Waals surface area contributed by atoms with E-state index in [9.17, 15) is 0 Å². The standard InChI is InChI=1S/C14H19N/c1-14(11-6-2-3-7-11)10-15-13-9-5-4-8-12(13)14/h4-5,8-9,11,15H,2-3,6-7,10H2,1H3. The molecular weight excluding hydrogens is 182 g/mol. The molecule has 0 bridgehead atoms. The average molecular weight is 201 g/mol. The normalized spacial score (nSPS) is 30.2. The van der Waals surface area contributed by atoms with Crippen LogP contribution in [0, 0.1) is 5.92 Å². The Morgan fingerprint density at radius 2 is 1.93 bits per heavy atom. The fourth-order valence-corrected chi connectivity index (χ4v) is 3.44. The van der Waals surface area contributed by atoms with Gasteiger partial charge in [0.15, 0.2) is 0 Å². The zero-order valence-corrected chi connectivity index (χ0v) is 9.42. The van der Waals surface area contributed by atoms with Crippen molar-refractivity contribution in [3.05, 3.63) is 29.8 Å². The van der Waals surface area contributed by atoms with Gasteiger partial charge in [0, 0.05) is 17.6 Å². The van der Waals surface area contributed by atoms with Crippen molar-refractivity contribution in [1.82, 2.24) is 0 Å². The van der Waals surface area contributed by atoms with Crippen molar-refractivity contribution < 1.29 is 0 Å². The molecule has 1 unspecified atom stereocenters. The molecule has 0 saturated heterocycles. The van der Waals surface area contributed by atoms with Gasteiger partial charge in [-0.25, -0.2) is 0 Å². The quantitative estimate of drug-likeness (QED) is 0.732. The maximum atomic E-state index is 3.57. The largest absolute Gasteiger partial charge is 0.384 e. The lowest BCUT2D eigenvalue weighted by molar-refractivity contribution is 0.325. The maximum Gasteiger partial charge on any atom is 0.0379 e. The van der Waals surface area contributed by atoms with E-state index in [0.717, 1.165) is 12.5 Å². The maximum absolute atomic E-state index is 3.57. The van der Waals surface area contributed by atoms with Crippen LogP contribution in [0.5, 0.6) is 0 Å². The van der Waals surface area contributed by atoms with Gasteiger partial charge < -0.3 is 5.32 Å². The van der Waals surface area contributed by atoms with E-state index in [4.69, 9.17) is 0 Å². The lowest BCUT2D eigenvalue weighted by Crippen LogP contribution is -2.32. The van der Waals surface area contributed by atoms with Crippen molar-refractivity contribution in [2.45, 2.75) is 38.0 Å². The second-order valence-corrected chi connectivity index (χ2v) is 5.30. The summed E-state index contributed by atoms with van der Waals surface area (Å²) >= 11 is 0. The zero-order valence-electron chi connectivity index (χ0n) is 9.42. The summed E-state index contributed by atoms with van der Waals surface area (Å²) < 4.78 is 0. The minimum absolute atomic E-state index is 0.396. The van der Waals surface area contributed by atoms with E-state index >= 15 is 0 Å². The van der Waals surface area contributed by atoms with Crippen LogP contribution in [0.2, 0.25) is 0 Å². The molecule has 1 N–H and O–H groups in total. The van der Waals surface area contributed by atoms with E-state index in [1.165, 1.54) is 31.4 Å². The second kappa shape index (κ2) is 3.26. The molecule has 0 aromatic heterocycles. The first kappa shape index (κ1) is 9.26. The van der Waals surface area contributed by atoms with Crippen LogP contribution in [0.25, 0.3) is 0 Å². The van der Waals surface area contributed by atoms with Crippen LogP contribution in [-0.4, -0.2) is 6.54 Å². The molecule has 15 heavy (non-hydrogen) atoms. The van der Waals surface area contributed by atoms with Crippen LogP contribution in [0.15, 0.2) is 24.3 Å². The second-order valence-electron chi connectivity index (χ2n) is 5.30. The molecule has 2 aliphatic rings. The monoisotopic (exact) mass is 201 g/mol. The van der Waals surface area contributed by atoms with Crippen LogP contribution in [0.4, 0.5) is 5.69 Å². The van der Waals surface area contributed by atoms with Crippen molar-refractivity contribution in [2.75, 3.05) is 11.9 Å². The Bertz CT molecular complexity index is 365. The summed E-state index contributed by atoms with van der Waals surface area (Å²) in [4.78, 5) is 0. The van der Waals surface area contributed by atoms with Gasteiger partial charge in [-0.1, -0.05) is 38.0 Å². The Labute approximate surface area is 91.9 Å². The minimum Gasteiger partial charge on any atom is -0.384 e. The number of benzene rings is 1. The summed E-state index contributed by atoms with van der Waals surface area (Å²) in [7, 11) is 0. The van der Waals surface area contributed by atoms with Crippen molar-refractivity contribution >= 4 is 5.69 Å². The number of fused-ring (bicyclic) bond motifs is 1. The number of hydrogen-bond acceptors (Lipinski definition) is 1. The molecule has 0 radical (unpaired) electrons. The Morgan fingerprint density at radius 3 is 2.73 bits per heavy atom. The van der Waals surface area contributed by atoms with Crippen molar-refractivity contribution in [3.63, 3.8) is 0 Å². The Balaban J connectivity index is 2.00. The first-order chi connectivity index (χ1) is 7.31. The lowest BCUT2D eigenvalue weighted by atomic mass is 9.72. The van der Waals surface area contributed by atoms with Crippen LogP contribution in [0.3, 0.4) is 0 Å². The number of anilines is 1. The van der Waals surface area contributed by atoms with Crippen LogP contribution in [-0.2, 0) is 5.41 Å². The van der Waals surface area contributed by atoms with Gasteiger partial charge in [-0.05, 0) is 30.4 Å². The summed E-state index contributed by atoms with van der Waals surface area (Å²) in [5.41, 5.74) is 3.32. The van der Waals surface area contributed by atoms with Crippen LogP contribution in [0.1, 0.15) is 38.2 Å². The third-order valence-electron chi connectivity index (χ3n) is 4.44. The summed E-state index contributed by atoms with van der Waals surface area (Å²) in [6, 6.07) is 8.84. The molecule has 1 aromatic carbocycles. The van der Waals surface area contributed by atoms with Crippen molar-refractivity contribution in [1.29, 1.82) is 0 Å². The van der Waals surface area contributed by atoms with Gasteiger partial charge in [0.25, 0.3) is 0 Å². The molecule has 80 valence electrons. The Kier molecular flexibility index (Phi) is 2.01. The molecule has 1 heteroatoms. The smallest absolute Gasteiger partial charge is 0.0379 e. The minimum atomic E-state index is 0.396. The molecule has 1 nitrogen and oxygen atoms in total. The number of nitrogens with one attached hydrogen (secondary N) is 1. The first-order valence-corrected chi connectivity index (χ1v) is 6.14. The third kappa shape index (κ3) is 1.29. The molecule has 1 aliphatic heterocycles. The molecule has 1 aliphatic carbocycles. The van der Waals surface area contributed by atoms with Crippen LogP contribution < -0.4 is 5.32 Å². The van der Waals surface area contributed by atoms with E-state index in [0.29, 0.717) is 5.41 Å². The third-order valence-corrected chi connectivity index (χ3v) is 4.44. The SMILES string of the molecule is CC1(C2CCCC2)CNc2ccccc21. The highest BCUT2D eigenvalue weighted by molar-refractivity contribution is 5.60. The van der Waals surface area contributed by atoms with E-state index < -0.39 is 0 Å². The van der Waals surface area contributed by atoms with Gasteiger partial charge in [-0.3, -0.25) is 0 Å². The summed E-state index contributed by atoms with van der Waals surface area (Å²) in [5.74, 6) is 0.897. The van der Waals surface area contributed by atoms with Gasteiger partial charge in [0.2, 0.25) is 0 Å². The average Bonchev–Trinajstić information content (AvgIpc) is 2.88. The molecular formula is C14H19N. The van der Waals surface area contributed by atoms with Crippen LogP contribution >= 0.6 is 0 Å². The Hall–Kier alpha value is -0.980. The van der Waals surface area contributed by atoms with E-state index in [1.807, 2.05) is 0 Å². The lowest BCUT2D eigenvalue weighted by Gasteiger charge is -2.31. The van der Waals surface area contributed by atoms with E-state index in [2.05, 4.69) is 36.5 Å². The zero-order chi connectivity index (χ0) is 10.3. The summed E-state index contributed by atoms with van der Waals surface area (Å²) in [5, 5.41) is 3.57. The van der Waals surface area contributed by atoms with Gasteiger partial charge in [-0.15, -0.1) is 0 Å². The number of hydrogen-bond donors (Lipinski definition) is 1. The van der Waals surface area contributed by atoms with Crippen molar-refractivity contribution in [2.24, 2.45) is 5.92 Å². The predicted molar refractivity (Wildman–Crippen MR) is 64.2 cm³/mol. The van der Waals surface area contributed by atoms with Gasteiger partial charge in [0.1, 0.15) is 0 Å². The first-order valence-electron chi connectivity index (χ1n) is 6.14.